The molecule has 1 aliphatic carbocycles. The SMILES string of the molecule is CC1CCCC(NC(=O)Cc2csc(Cc3ccccc3)n2)C1C. The second-order valence-electron chi connectivity index (χ2n) is 7.01. The molecule has 0 aliphatic heterocycles. The molecular weight excluding hydrogens is 316 g/mol. The van der Waals surface area contributed by atoms with Crippen LogP contribution in [0.1, 0.15) is 49.4 Å². The maximum Gasteiger partial charge on any atom is 0.226 e. The fraction of sp³-hybridized carbons (Fsp3) is 0.500. The number of rotatable bonds is 5. The summed E-state index contributed by atoms with van der Waals surface area (Å²) in [6, 6.07) is 10.7. The van der Waals surface area contributed by atoms with Gasteiger partial charge in [-0.2, -0.15) is 0 Å². The molecule has 1 N–H and O–H groups in total. The Kier molecular flexibility index (Phi) is 5.67. The van der Waals surface area contributed by atoms with Crippen LogP contribution in [0, 0.1) is 11.8 Å². The van der Waals surface area contributed by atoms with Crippen LogP contribution in [0.25, 0.3) is 0 Å². The summed E-state index contributed by atoms with van der Waals surface area (Å²) in [7, 11) is 0. The highest BCUT2D eigenvalue weighted by molar-refractivity contribution is 7.09. The molecule has 3 nitrogen and oxygen atoms in total. The van der Waals surface area contributed by atoms with E-state index in [1.54, 1.807) is 11.3 Å². The third kappa shape index (κ3) is 4.44. The molecule has 2 aromatic rings. The van der Waals surface area contributed by atoms with Crippen LogP contribution in [0.15, 0.2) is 35.7 Å². The van der Waals surface area contributed by atoms with Crippen LogP contribution in [-0.2, 0) is 17.6 Å². The van der Waals surface area contributed by atoms with Crippen molar-refractivity contribution in [2.75, 3.05) is 0 Å². The van der Waals surface area contributed by atoms with Gasteiger partial charge in [-0.1, -0.05) is 57.0 Å². The molecule has 1 amide bonds. The first kappa shape index (κ1) is 17.2. The minimum atomic E-state index is 0.109. The van der Waals surface area contributed by atoms with Crippen molar-refractivity contribution < 1.29 is 4.79 Å². The zero-order valence-corrected chi connectivity index (χ0v) is 15.3. The molecule has 1 aliphatic rings. The number of aromatic nitrogens is 1. The number of thiazole rings is 1. The molecule has 128 valence electrons. The van der Waals surface area contributed by atoms with E-state index < -0.39 is 0 Å². The topological polar surface area (TPSA) is 42.0 Å². The Morgan fingerprint density at radius 2 is 2.04 bits per heavy atom. The molecular formula is C20H26N2OS. The van der Waals surface area contributed by atoms with Crippen molar-refractivity contribution >= 4 is 17.2 Å². The van der Waals surface area contributed by atoms with Gasteiger partial charge in [0.15, 0.2) is 0 Å². The molecule has 1 heterocycles. The normalized spacial score (nSPS) is 23.8. The van der Waals surface area contributed by atoms with Gasteiger partial charge in [-0.25, -0.2) is 4.98 Å². The van der Waals surface area contributed by atoms with E-state index in [1.807, 2.05) is 23.6 Å². The largest absolute Gasteiger partial charge is 0.353 e. The lowest BCUT2D eigenvalue weighted by atomic mass is 9.78. The van der Waals surface area contributed by atoms with E-state index >= 15 is 0 Å². The second-order valence-corrected chi connectivity index (χ2v) is 7.96. The molecule has 1 saturated carbocycles. The Labute approximate surface area is 148 Å². The molecule has 4 heteroatoms. The van der Waals surface area contributed by atoms with E-state index in [-0.39, 0.29) is 5.91 Å². The number of nitrogens with zero attached hydrogens (tertiary/aromatic N) is 1. The Morgan fingerprint density at radius 1 is 1.25 bits per heavy atom. The van der Waals surface area contributed by atoms with Crippen LogP contribution in [0.4, 0.5) is 0 Å². The van der Waals surface area contributed by atoms with Gasteiger partial charge in [0.2, 0.25) is 5.91 Å². The van der Waals surface area contributed by atoms with Crippen LogP contribution in [0.5, 0.6) is 0 Å². The highest BCUT2D eigenvalue weighted by atomic mass is 32.1. The minimum Gasteiger partial charge on any atom is -0.353 e. The van der Waals surface area contributed by atoms with E-state index in [0.29, 0.717) is 24.3 Å². The first-order valence-electron chi connectivity index (χ1n) is 8.88. The van der Waals surface area contributed by atoms with Crippen LogP contribution >= 0.6 is 11.3 Å². The van der Waals surface area contributed by atoms with Crippen molar-refractivity contribution in [1.82, 2.24) is 10.3 Å². The molecule has 1 fully saturated rings. The quantitative estimate of drug-likeness (QED) is 0.884. The first-order valence-corrected chi connectivity index (χ1v) is 9.76. The van der Waals surface area contributed by atoms with Crippen LogP contribution in [0.2, 0.25) is 0 Å². The third-order valence-electron chi connectivity index (χ3n) is 5.19. The number of amides is 1. The summed E-state index contributed by atoms with van der Waals surface area (Å²) in [5.74, 6) is 1.37. The van der Waals surface area contributed by atoms with Crippen molar-refractivity contribution in [2.24, 2.45) is 11.8 Å². The molecule has 0 spiro atoms. The lowest BCUT2D eigenvalue weighted by Crippen LogP contribution is -2.44. The van der Waals surface area contributed by atoms with E-state index in [4.69, 9.17) is 0 Å². The van der Waals surface area contributed by atoms with Crippen molar-refractivity contribution in [3.8, 4) is 0 Å². The molecule has 0 radical (unpaired) electrons. The standard InChI is InChI=1S/C20H26N2OS/c1-14-7-6-10-18(15(14)2)22-19(23)12-17-13-24-20(21-17)11-16-8-4-3-5-9-16/h3-5,8-9,13-15,18H,6-7,10-12H2,1-2H3,(H,22,23). The third-order valence-corrected chi connectivity index (χ3v) is 6.09. The van der Waals surface area contributed by atoms with Crippen molar-refractivity contribution in [2.45, 2.75) is 52.0 Å². The summed E-state index contributed by atoms with van der Waals surface area (Å²) in [6.45, 7) is 4.55. The first-order chi connectivity index (χ1) is 11.6. The van der Waals surface area contributed by atoms with Crippen molar-refractivity contribution in [3.63, 3.8) is 0 Å². The molecule has 24 heavy (non-hydrogen) atoms. The van der Waals surface area contributed by atoms with Crippen LogP contribution in [-0.4, -0.2) is 16.9 Å². The molecule has 3 atom stereocenters. The summed E-state index contributed by atoms with van der Waals surface area (Å²) in [4.78, 5) is 17.0. The molecule has 3 unspecified atom stereocenters. The number of hydrogen-bond donors (Lipinski definition) is 1. The van der Waals surface area contributed by atoms with E-state index in [2.05, 4.69) is 36.3 Å². The fourth-order valence-electron chi connectivity index (χ4n) is 3.49. The number of benzene rings is 1. The van der Waals surface area contributed by atoms with Crippen LogP contribution < -0.4 is 5.32 Å². The summed E-state index contributed by atoms with van der Waals surface area (Å²) >= 11 is 1.64. The monoisotopic (exact) mass is 342 g/mol. The highest BCUT2D eigenvalue weighted by Gasteiger charge is 2.28. The summed E-state index contributed by atoms with van der Waals surface area (Å²) < 4.78 is 0. The Balaban J connectivity index is 1.53. The number of nitrogens with one attached hydrogen (secondary N) is 1. The number of hydrogen-bond acceptors (Lipinski definition) is 3. The van der Waals surface area contributed by atoms with Gasteiger partial charge in [-0.15, -0.1) is 11.3 Å². The number of carbonyl (C=O) groups excluding carboxylic acids is 1. The van der Waals surface area contributed by atoms with Gasteiger partial charge in [0.05, 0.1) is 17.1 Å². The Hall–Kier alpha value is -1.68. The average Bonchev–Trinajstić information content (AvgIpc) is 2.99. The molecule has 0 saturated heterocycles. The highest BCUT2D eigenvalue weighted by Crippen LogP contribution is 2.29. The Morgan fingerprint density at radius 3 is 2.83 bits per heavy atom. The zero-order chi connectivity index (χ0) is 16.9. The van der Waals surface area contributed by atoms with E-state index in [9.17, 15) is 4.79 Å². The molecule has 1 aromatic carbocycles. The van der Waals surface area contributed by atoms with Crippen LogP contribution in [0.3, 0.4) is 0 Å². The van der Waals surface area contributed by atoms with Gasteiger partial charge in [-0.3, -0.25) is 4.79 Å². The van der Waals surface area contributed by atoms with Crippen molar-refractivity contribution in [3.05, 3.63) is 52.0 Å². The maximum absolute atomic E-state index is 12.4. The molecule has 3 rings (SSSR count). The summed E-state index contributed by atoms with van der Waals surface area (Å²) in [5.41, 5.74) is 2.15. The van der Waals surface area contributed by atoms with E-state index in [1.165, 1.54) is 18.4 Å². The van der Waals surface area contributed by atoms with Crippen molar-refractivity contribution in [1.29, 1.82) is 0 Å². The van der Waals surface area contributed by atoms with E-state index in [0.717, 1.165) is 23.5 Å². The lowest BCUT2D eigenvalue weighted by Gasteiger charge is -2.34. The predicted octanol–water partition coefficient (Wildman–Crippen LogP) is 4.22. The van der Waals surface area contributed by atoms with Gasteiger partial charge in [0.1, 0.15) is 0 Å². The van der Waals surface area contributed by atoms with Gasteiger partial charge in [0, 0.05) is 17.8 Å². The molecule has 1 aromatic heterocycles. The Bertz CT molecular complexity index is 667. The molecule has 0 bridgehead atoms. The average molecular weight is 343 g/mol. The lowest BCUT2D eigenvalue weighted by molar-refractivity contribution is -0.121. The van der Waals surface area contributed by atoms with Gasteiger partial charge in [-0.05, 0) is 23.8 Å². The number of carbonyl (C=O) groups is 1. The maximum atomic E-state index is 12.4. The van der Waals surface area contributed by atoms with Gasteiger partial charge >= 0.3 is 0 Å². The summed E-state index contributed by atoms with van der Waals surface area (Å²) in [6.07, 6.45) is 4.83. The summed E-state index contributed by atoms with van der Waals surface area (Å²) in [5, 5.41) is 6.32. The van der Waals surface area contributed by atoms with Gasteiger partial charge < -0.3 is 5.32 Å². The fourth-order valence-corrected chi connectivity index (χ4v) is 4.32. The predicted molar refractivity (Wildman–Crippen MR) is 99.2 cm³/mol. The minimum absolute atomic E-state index is 0.109. The second kappa shape index (κ2) is 7.93. The smallest absolute Gasteiger partial charge is 0.226 e. The van der Waals surface area contributed by atoms with Gasteiger partial charge in [0.25, 0.3) is 0 Å². The zero-order valence-electron chi connectivity index (χ0n) is 14.5.